The van der Waals surface area contributed by atoms with Crippen LogP contribution >= 0.6 is 0 Å². The van der Waals surface area contributed by atoms with Crippen molar-refractivity contribution in [3.05, 3.63) is 29.6 Å². The van der Waals surface area contributed by atoms with Gasteiger partial charge in [-0.2, -0.15) is 0 Å². The summed E-state index contributed by atoms with van der Waals surface area (Å²) in [6.45, 7) is 4.06. The second-order valence-corrected chi connectivity index (χ2v) is 4.85. The molecular formula is C14H21FN2O2. The number of benzene rings is 1. The molecule has 0 saturated carbocycles. The molecule has 1 fully saturated rings. The highest BCUT2D eigenvalue weighted by Crippen LogP contribution is 2.22. The molecule has 0 bridgehead atoms. The van der Waals surface area contributed by atoms with Crippen LogP contribution in [-0.4, -0.2) is 54.4 Å². The van der Waals surface area contributed by atoms with E-state index >= 15 is 0 Å². The molecule has 0 aliphatic carbocycles. The molecule has 19 heavy (non-hydrogen) atoms. The van der Waals surface area contributed by atoms with Crippen molar-refractivity contribution < 1.29 is 14.6 Å². The molecular weight excluding hydrogens is 247 g/mol. The Kier molecular flexibility index (Phi) is 5.13. The van der Waals surface area contributed by atoms with E-state index in [0.717, 1.165) is 32.6 Å². The van der Waals surface area contributed by atoms with E-state index in [1.165, 1.54) is 6.07 Å². The number of anilines is 1. The van der Waals surface area contributed by atoms with Gasteiger partial charge in [0.2, 0.25) is 0 Å². The number of hydrogen-bond donors (Lipinski definition) is 2. The summed E-state index contributed by atoms with van der Waals surface area (Å²) in [7, 11) is 0. The van der Waals surface area contributed by atoms with Gasteiger partial charge in [-0.25, -0.2) is 4.39 Å². The van der Waals surface area contributed by atoms with Gasteiger partial charge >= 0.3 is 0 Å². The number of hydrogen-bond acceptors (Lipinski definition) is 4. The Labute approximate surface area is 113 Å². The molecule has 2 rings (SSSR count). The molecule has 0 radical (unpaired) electrons. The fourth-order valence-corrected chi connectivity index (χ4v) is 2.48. The molecule has 106 valence electrons. The Bertz CT molecular complexity index is 414. The van der Waals surface area contributed by atoms with Gasteiger partial charge in [-0.05, 0) is 30.7 Å². The Hall–Kier alpha value is -1.17. The van der Waals surface area contributed by atoms with Crippen LogP contribution in [0.3, 0.4) is 0 Å². The maximum absolute atomic E-state index is 14.0. The van der Waals surface area contributed by atoms with E-state index in [1.54, 1.807) is 12.1 Å². The Balaban J connectivity index is 2.05. The van der Waals surface area contributed by atoms with Crippen LogP contribution in [0.1, 0.15) is 12.0 Å². The van der Waals surface area contributed by atoms with Crippen LogP contribution in [0.15, 0.2) is 18.2 Å². The summed E-state index contributed by atoms with van der Waals surface area (Å²) in [6, 6.07) is 4.89. The van der Waals surface area contributed by atoms with Gasteiger partial charge in [0, 0.05) is 26.2 Å². The number of aliphatic hydroxyl groups is 2. The average Bonchev–Trinajstić information content (AvgIpc) is 2.65. The summed E-state index contributed by atoms with van der Waals surface area (Å²) in [4.78, 5) is 4.23. The highest BCUT2D eigenvalue weighted by atomic mass is 19.1. The van der Waals surface area contributed by atoms with Crippen molar-refractivity contribution in [2.75, 3.05) is 44.2 Å². The summed E-state index contributed by atoms with van der Waals surface area (Å²) < 4.78 is 14.0. The predicted octanol–water partition coefficient (Wildman–Crippen LogP) is 0.822. The molecule has 0 aromatic heterocycles. The molecule has 2 N–H and O–H groups in total. The van der Waals surface area contributed by atoms with Crippen LogP contribution in [0.4, 0.5) is 10.1 Å². The van der Waals surface area contributed by atoms with Crippen LogP contribution in [-0.2, 0) is 6.61 Å². The summed E-state index contributed by atoms with van der Waals surface area (Å²) in [6.07, 6.45) is 0.960. The average molecular weight is 268 g/mol. The lowest BCUT2D eigenvalue weighted by atomic mass is 10.2. The predicted molar refractivity (Wildman–Crippen MR) is 72.7 cm³/mol. The first-order chi connectivity index (χ1) is 9.24. The van der Waals surface area contributed by atoms with Gasteiger partial charge in [0.15, 0.2) is 0 Å². The third-order valence-corrected chi connectivity index (χ3v) is 3.54. The van der Waals surface area contributed by atoms with E-state index in [2.05, 4.69) is 4.90 Å². The normalized spacial score (nSPS) is 17.5. The molecule has 1 aliphatic rings. The molecule has 1 aromatic carbocycles. The number of aliphatic hydroxyl groups excluding tert-OH is 2. The number of nitrogens with zero attached hydrogens (tertiary/aromatic N) is 2. The van der Waals surface area contributed by atoms with Crippen LogP contribution in [0, 0.1) is 5.82 Å². The SMILES string of the molecule is OCCN1CCCN(c2ccc(CO)cc2F)CC1. The standard InChI is InChI=1S/C14H21FN2O2/c15-13-10-12(11-19)2-3-14(13)17-5-1-4-16(6-7-17)8-9-18/h2-3,10,18-19H,1,4-9,11H2. The van der Waals surface area contributed by atoms with Gasteiger partial charge in [-0.15, -0.1) is 0 Å². The summed E-state index contributed by atoms with van der Waals surface area (Å²) in [5, 5.41) is 17.9. The van der Waals surface area contributed by atoms with Gasteiger partial charge in [-0.1, -0.05) is 6.07 Å². The van der Waals surface area contributed by atoms with E-state index < -0.39 is 0 Å². The van der Waals surface area contributed by atoms with E-state index in [0.29, 0.717) is 17.8 Å². The van der Waals surface area contributed by atoms with E-state index in [9.17, 15) is 4.39 Å². The van der Waals surface area contributed by atoms with Crippen molar-refractivity contribution in [2.24, 2.45) is 0 Å². The zero-order valence-electron chi connectivity index (χ0n) is 11.1. The van der Waals surface area contributed by atoms with Crippen molar-refractivity contribution in [3.8, 4) is 0 Å². The zero-order valence-corrected chi connectivity index (χ0v) is 11.1. The van der Waals surface area contributed by atoms with Crippen molar-refractivity contribution in [3.63, 3.8) is 0 Å². The second-order valence-electron chi connectivity index (χ2n) is 4.85. The largest absolute Gasteiger partial charge is 0.395 e. The molecule has 1 aromatic rings. The first-order valence-corrected chi connectivity index (χ1v) is 6.72. The third-order valence-electron chi connectivity index (χ3n) is 3.54. The zero-order chi connectivity index (χ0) is 13.7. The maximum atomic E-state index is 14.0. The molecule has 1 saturated heterocycles. The van der Waals surface area contributed by atoms with Gasteiger partial charge in [-0.3, -0.25) is 4.90 Å². The first-order valence-electron chi connectivity index (χ1n) is 6.72. The lowest BCUT2D eigenvalue weighted by Crippen LogP contribution is -2.32. The maximum Gasteiger partial charge on any atom is 0.146 e. The molecule has 0 amide bonds. The summed E-state index contributed by atoms with van der Waals surface area (Å²) in [5.41, 5.74) is 1.20. The first kappa shape index (κ1) is 14.2. The Morgan fingerprint density at radius 2 is 1.95 bits per heavy atom. The van der Waals surface area contributed by atoms with Gasteiger partial charge in [0.25, 0.3) is 0 Å². The molecule has 1 aliphatic heterocycles. The van der Waals surface area contributed by atoms with E-state index in [1.807, 2.05) is 4.90 Å². The number of rotatable bonds is 4. The van der Waals surface area contributed by atoms with Crippen LogP contribution < -0.4 is 4.90 Å². The van der Waals surface area contributed by atoms with Crippen molar-refractivity contribution in [2.45, 2.75) is 13.0 Å². The summed E-state index contributed by atoms with van der Waals surface area (Å²) in [5.74, 6) is -0.276. The van der Waals surface area contributed by atoms with Crippen LogP contribution in [0.5, 0.6) is 0 Å². The minimum Gasteiger partial charge on any atom is -0.395 e. The van der Waals surface area contributed by atoms with Crippen molar-refractivity contribution >= 4 is 5.69 Å². The molecule has 0 atom stereocenters. The van der Waals surface area contributed by atoms with Gasteiger partial charge in [0.1, 0.15) is 5.82 Å². The number of β-amino-alcohol motifs (C(OH)–C–C–N with tert-alkyl or cyclic N) is 1. The fourth-order valence-electron chi connectivity index (χ4n) is 2.48. The molecule has 0 spiro atoms. The van der Waals surface area contributed by atoms with Gasteiger partial charge < -0.3 is 15.1 Å². The fraction of sp³-hybridized carbons (Fsp3) is 0.571. The quantitative estimate of drug-likeness (QED) is 0.849. The molecule has 5 heteroatoms. The number of halogens is 1. The highest BCUT2D eigenvalue weighted by molar-refractivity contribution is 5.49. The Morgan fingerprint density at radius 1 is 1.11 bits per heavy atom. The lowest BCUT2D eigenvalue weighted by molar-refractivity contribution is 0.204. The van der Waals surface area contributed by atoms with Crippen LogP contribution in [0.2, 0.25) is 0 Å². The van der Waals surface area contributed by atoms with Crippen molar-refractivity contribution in [1.29, 1.82) is 0 Å². The monoisotopic (exact) mass is 268 g/mol. The minimum atomic E-state index is -0.276. The Morgan fingerprint density at radius 3 is 2.63 bits per heavy atom. The molecule has 0 unspecified atom stereocenters. The van der Waals surface area contributed by atoms with E-state index in [4.69, 9.17) is 10.2 Å². The minimum absolute atomic E-state index is 0.137. The summed E-state index contributed by atoms with van der Waals surface area (Å²) >= 11 is 0. The smallest absolute Gasteiger partial charge is 0.146 e. The van der Waals surface area contributed by atoms with Crippen molar-refractivity contribution in [1.82, 2.24) is 4.90 Å². The lowest BCUT2D eigenvalue weighted by Gasteiger charge is -2.24. The molecule has 4 nitrogen and oxygen atoms in total. The molecule has 1 heterocycles. The third kappa shape index (κ3) is 3.65. The van der Waals surface area contributed by atoms with Crippen LogP contribution in [0.25, 0.3) is 0 Å². The second kappa shape index (κ2) is 6.84. The van der Waals surface area contributed by atoms with Gasteiger partial charge in [0.05, 0.1) is 18.9 Å². The highest BCUT2D eigenvalue weighted by Gasteiger charge is 2.17. The topological polar surface area (TPSA) is 46.9 Å². The van der Waals surface area contributed by atoms with E-state index in [-0.39, 0.29) is 19.0 Å².